The molecule has 0 spiro atoms. The van der Waals surface area contributed by atoms with Gasteiger partial charge >= 0.3 is 0 Å². The summed E-state index contributed by atoms with van der Waals surface area (Å²) >= 11 is 0. The molecule has 0 aliphatic rings. The van der Waals surface area contributed by atoms with Gasteiger partial charge in [-0.1, -0.05) is 13.8 Å². The van der Waals surface area contributed by atoms with Crippen molar-refractivity contribution in [2.75, 3.05) is 13.7 Å². The zero-order chi connectivity index (χ0) is 12.0. The summed E-state index contributed by atoms with van der Waals surface area (Å²) in [5.41, 5.74) is 0. The molecule has 1 unspecified atom stereocenters. The fourth-order valence-electron chi connectivity index (χ4n) is 1.78. The molecule has 1 N–H and O–H groups in total. The van der Waals surface area contributed by atoms with Crippen LogP contribution in [0.2, 0.25) is 0 Å². The van der Waals surface area contributed by atoms with E-state index in [4.69, 9.17) is 9.84 Å². The minimum atomic E-state index is -0.0499. The minimum Gasteiger partial charge on any atom is -0.388 e. The maximum absolute atomic E-state index is 9.15. The zero-order valence-corrected chi connectivity index (χ0v) is 10.3. The second-order valence-corrected chi connectivity index (χ2v) is 4.11. The van der Waals surface area contributed by atoms with Crippen molar-refractivity contribution in [3.05, 3.63) is 11.6 Å². The molecule has 0 fully saturated rings. The highest BCUT2D eigenvalue weighted by atomic mass is 16.5. The van der Waals surface area contributed by atoms with Crippen molar-refractivity contribution in [1.82, 2.24) is 14.8 Å². The van der Waals surface area contributed by atoms with Gasteiger partial charge in [-0.2, -0.15) is 0 Å². The monoisotopic (exact) mass is 227 g/mol. The highest BCUT2D eigenvalue weighted by Gasteiger charge is 2.13. The lowest BCUT2D eigenvalue weighted by Gasteiger charge is -2.11. The van der Waals surface area contributed by atoms with Crippen LogP contribution in [-0.4, -0.2) is 33.6 Å². The Hall–Kier alpha value is -0.940. The van der Waals surface area contributed by atoms with Crippen LogP contribution in [0.5, 0.6) is 0 Å². The molecule has 5 heteroatoms. The Kier molecular flexibility index (Phi) is 5.42. The van der Waals surface area contributed by atoms with Gasteiger partial charge in [0.15, 0.2) is 5.82 Å². The van der Waals surface area contributed by atoms with Gasteiger partial charge in [-0.05, 0) is 12.3 Å². The number of hydrogen-bond acceptors (Lipinski definition) is 4. The molecule has 0 aromatic carbocycles. The van der Waals surface area contributed by atoms with Crippen molar-refractivity contribution in [1.29, 1.82) is 0 Å². The number of rotatable bonds is 7. The highest BCUT2D eigenvalue weighted by Crippen LogP contribution is 2.10. The molecule has 0 bridgehead atoms. The van der Waals surface area contributed by atoms with Gasteiger partial charge in [0.25, 0.3) is 0 Å². The van der Waals surface area contributed by atoms with Gasteiger partial charge in [0.2, 0.25) is 0 Å². The fraction of sp³-hybridized carbons (Fsp3) is 0.818. The van der Waals surface area contributed by atoms with E-state index in [9.17, 15) is 0 Å². The molecular formula is C11H21N3O2. The van der Waals surface area contributed by atoms with Gasteiger partial charge in [0.05, 0.1) is 0 Å². The topological polar surface area (TPSA) is 60.2 Å². The predicted octanol–water partition coefficient (Wildman–Crippen LogP) is 1.01. The Morgan fingerprint density at radius 3 is 2.62 bits per heavy atom. The first kappa shape index (κ1) is 13.1. The summed E-state index contributed by atoms with van der Waals surface area (Å²) in [6, 6.07) is 0. The van der Waals surface area contributed by atoms with Crippen LogP contribution in [0.15, 0.2) is 0 Å². The molecule has 16 heavy (non-hydrogen) atoms. The van der Waals surface area contributed by atoms with E-state index in [0.29, 0.717) is 18.3 Å². The number of ether oxygens (including phenoxy) is 1. The SMILES string of the molecule is CCCn1c(CO)nnc1CC(C)COC. The maximum Gasteiger partial charge on any atom is 0.158 e. The van der Waals surface area contributed by atoms with Crippen LogP contribution in [0.1, 0.15) is 31.9 Å². The molecule has 1 aromatic heterocycles. The average Bonchev–Trinajstić information content (AvgIpc) is 2.62. The number of methoxy groups -OCH3 is 1. The molecule has 0 saturated heterocycles. The van der Waals surface area contributed by atoms with E-state index in [-0.39, 0.29) is 6.61 Å². The van der Waals surface area contributed by atoms with Crippen molar-refractivity contribution in [3.63, 3.8) is 0 Å². The first-order chi connectivity index (χ1) is 7.72. The summed E-state index contributed by atoms with van der Waals surface area (Å²) in [5, 5.41) is 17.3. The number of hydrogen-bond donors (Lipinski definition) is 1. The van der Waals surface area contributed by atoms with E-state index < -0.39 is 0 Å². The second-order valence-electron chi connectivity index (χ2n) is 4.11. The first-order valence-corrected chi connectivity index (χ1v) is 5.73. The largest absolute Gasteiger partial charge is 0.388 e. The Balaban J connectivity index is 2.74. The lowest BCUT2D eigenvalue weighted by Crippen LogP contribution is -2.13. The van der Waals surface area contributed by atoms with Crippen LogP contribution >= 0.6 is 0 Å². The van der Waals surface area contributed by atoms with E-state index in [0.717, 1.165) is 25.2 Å². The third-order valence-corrected chi connectivity index (χ3v) is 2.47. The van der Waals surface area contributed by atoms with Gasteiger partial charge in [0.1, 0.15) is 12.4 Å². The minimum absolute atomic E-state index is 0.0499. The highest BCUT2D eigenvalue weighted by molar-refractivity contribution is 4.96. The van der Waals surface area contributed by atoms with Gasteiger partial charge in [0, 0.05) is 26.7 Å². The molecule has 1 aromatic rings. The third kappa shape index (κ3) is 3.28. The Labute approximate surface area is 96.5 Å². The molecule has 0 aliphatic heterocycles. The summed E-state index contributed by atoms with van der Waals surface area (Å²) in [6.45, 7) is 5.74. The van der Waals surface area contributed by atoms with Crippen LogP contribution < -0.4 is 0 Å². The lowest BCUT2D eigenvalue weighted by molar-refractivity contribution is 0.158. The van der Waals surface area contributed by atoms with Crippen LogP contribution in [0.4, 0.5) is 0 Å². The average molecular weight is 227 g/mol. The molecule has 0 amide bonds. The first-order valence-electron chi connectivity index (χ1n) is 5.73. The van der Waals surface area contributed by atoms with Crippen molar-refractivity contribution < 1.29 is 9.84 Å². The normalized spacial score (nSPS) is 13.0. The predicted molar refractivity (Wildman–Crippen MR) is 61.0 cm³/mol. The van der Waals surface area contributed by atoms with Crippen molar-refractivity contribution >= 4 is 0 Å². The van der Waals surface area contributed by atoms with Crippen LogP contribution in [0, 0.1) is 5.92 Å². The number of aliphatic hydroxyl groups excluding tert-OH is 1. The lowest BCUT2D eigenvalue weighted by atomic mass is 10.1. The summed E-state index contributed by atoms with van der Waals surface area (Å²) in [6.07, 6.45) is 1.84. The van der Waals surface area contributed by atoms with Crippen LogP contribution in [0.25, 0.3) is 0 Å². The Morgan fingerprint density at radius 1 is 1.38 bits per heavy atom. The third-order valence-electron chi connectivity index (χ3n) is 2.47. The zero-order valence-electron chi connectivity index (χ0n) is 10.3. The molecule has 5 nitrogen and oxygen atoms in total. The standard InChI is InChI=1S/C11H21N3O2/c1-4-5-14-10(6-9(2)8-16-3)12-13-11(14)7-15/h9,15H,4-8H2,1-3H3. The van der Waals surface area contributed by atoms with Crippen molar-refractivity contribution in [2.24, 2.45) is 5.92 Å². The summed E-state index contributed by atoms with van der Waals surface area (Å²) in [4.78, 5) is 0. The second kappa shape index (κ2) is 6.60. The summed E-state index contributed by atoms with van der Waals surface area (Å²) in [7, 11) is 1.70. The van der Waals surface area contributed by atoms with Gasteiger partial charge in [-0.25, -0.2) is 0 Å². The molecule has 92 valence electrons. The van der Waals surface area contributed by atoms with Gasteiger partial charge in [-0.15, -0.1) is 10.2 Å². The van der Waals surface area contributed by atoms with Gasteiger partial charge in [-0.3, -0.25) is 0 Å². The molecule has 0 aliphatic carbocycles. The molecule has 1 heterocycles. The van der Waals surface area contributed by atoms with Crippen LogP contribution in [-0.2, 0) is 24.3 Å². The fourth-order valence-corrected chi connectivity index (χ4v) is 1.78. The van der Waals surface area contributed by atoms with E-state index in [1.54, 1.807) is 7.11 Å². The smallest absolute Gasteiger partial charge is 0.158 e. The van der Waals surface area contributed by atoms with Crippen molar-refractivity contribution in [2.45, 2.75) is 39.8 Å². The summed E-state index contributed by atoms with van der Waals surface area (Å²) < 4.78 is 7.11. The van der Waals surface area contributed by atoms with E-state index in [2.05, 4.69) is 24.0 Å². The molecule has 0 saturated carbocycles. The number of aromatic nitrogens is 3. The number of nitrogens with zero attached hydrogens (tertiary/aromatic N) is 3. The maximum atomic E-state index is 9.15. The molecule has 1 atom stereocenters. The molecular weight excluding hydrogens is 206 g/mol. The van der Waals surface area contributed by atoms with Gasteiger partial charge < -0.3 is 14.4 Å². The van der Waals surface area contributed by atoms with E-state index in [1.807, 2.05) is 4.57 Å². The van der Waals surface area contributed by atoms with Crippen LogP contribution in [0.3, 0.4) is 0 Å². The molecule has 1 rings (SSSR count). The quantitative estimate of drug-likeness (QED) is 0.755. The van der Waals surface area contributed by atoms with Crippen molar-refractivity contribution in [3.8, 4) is 0 Å². The Bertz CT molecular complexity index is 312. The molecule has 0 radical (unpaired) electrons. The Morgan fingerprint density at radius 2 is 2.06 bits per heavy atom. The number of aliphatic hydroxyl groups is 1. The summed E-state index contributed by atoms with van der Waals surface area (Å²) in [5.74, 6) is 2.01. The van der Waals surface area contributed by atoms with E-state index >= 15 is 0 Å². The van der Waals surface area contributed by atoms with E-state index in [1.165, 1.54) is 0 Å².